The monoisotopic (exact) mass is 456 g/mol. The van der Waals surface area contributed by atoms with Gasteiger partial charge in [-0.1, -0.05) is 74.0 Å². The molecule has 2 aromatic carbocycles. The molecule has 0 bridgehead atoms. The molecule has 0 aliphatic carbocycles. The summed E-state index contributed by atoms with van der Waals surface area (Å²) in [5.41, 5.74) is 2.61. The topological polar surface area (TPSA) is 86.0 Å². The third kappa shape index (κ3) is 4.41. The van der Waals surface area contributed by atoms with E-state index in [0.717, 1.165) is 27.7 Å². The molecule has 7 heteroatoms. The van der Waals surface area contributed by atoms with E-state index in [1.807, 2.05) is 67.6 Å². The van der Waals surface area contributed by atoms with Crippen LogP contribution in [-0.2, 0) is 25.3 Å². The molecule has 0 unspecified atom stereocenters. The highest BCUT2D eigenvalue weighted by Crippen LogP contribution is 2.30. The van der Waals surface area contributed by atoms with Crippen molar-refractivity contribution in [1.82, 2.24) is 14.1 Å². The number of fused-ring (bicyclic) bond motifs is 1. The van der Waals surface area contributed by atoms with Gasteiger partial charge in [0.2, 0.25) is 5.91 Å². The number of amides is 1. The van der Waals surface area contributed by atoms with Crippen LogP contribution in [0.5, 0.6) is 0 Å². The van der Waals surface area contributed by atoms with Crippen LogP contribution < -0.4 is 16.6 Å². The van der Waals surface area contributed by atoms with Crippen molar-refractivity contribution in [3.8, 4) is 0 Å². The number of benzene rings is 2. The summed E-state index contributed by atoms with van der Waals surface area (Å²) in [5.74, 6) is -0.351. The average Bonchev–Trinajstić information content (AvgIpc) is 2.86. The predicted octanol–water partition coefficient (Wildman–Crippen LogP) is 3.75. The van der Waals surface area contributed by atoms with Crippen molar-refractivity contribution in [2.45, 2.75) is 32.1 Å². The average molecular weight is 457 g/mol. The van der Waals surface area contributed by atoms with E-state index >= 15 is 0 Å². The number of aromatic nitrogens is 3. The second-order valence-electron chi connectivity index (χ2n) is 8.44. The van der Waals surface area contributed by atoms with Crippen LogP contribution in [0.15, 0.2) is 76.4 Å². The molecule has 0 spiro atoms. The summed E-state index contributed by atoms with van der Waals surface area (Å²) < 4.78 is 2.38. The Kier molecular flexibility index (Phi) is 6.72. The number of rotatable bonds is 7. The van der Waals surface area contributed by atoms with Crippen molar-refractivity contribution in [3.05, 3.63) is 104 Å². The molecule has 34 heavy (non-hydrogen) atoms. The van der Waals surface area contributed by atoms with Gasteiger partial charge in [0.05, 0.1) is 5.69 Å². The Hall–Kier alpha value is -4.00. The molecule has 0 fully saturated rings. The predicted molar refractivity (Wildman–Crippen MR) is 134 cm³/mol. The molecule has 0 saturated carbocycles. The number of hydrogen-bond acceptors (Lipinski definition) is 4. The van der Waals surface area contributed by atoms with E-state index in [-0.39, 0.29) is 29.3 Å². The van der Waals surface area contributed by atoms with Crippen LogP contribution in [0.1, 0.15) is 42.4 Å². The summed E-state index contributed by atoms with van der Waals surface area (Å²) in [6.45, 7) is 2.02. The minimum Gasteiger partial charge on any atom is -0.325 e. The Labute approximate surface area is 197 Å². The summed E-state index contributed by atoms with van der Waals surface area (Å²) in [6, 6.07) is 19.8. The molecule has 2 aromatic heterocycles. The Morgan fingerprint density at radius 2 is 1.53 bits per heavy atom. The maximum Gasteiger partial charge on any atom is 0.332 e. The van der Waals surface area contributed by atoms with E-state index in [9.17, 15) is 14.4 Å². The Morgan fingerprint density at radius 1 is 0.941 bits per heavy atom. The number of pyridine rings is 1. The molecule has 0 saturated heterocycles. The van der Waals surface area contributed by atoms with Gasteiger partial charge in [-0.05, 0) is 23.1 Å². The SMILES string of the molecule is CCCc1cnc2c(c1NC(=O)CC(c1ccccc1)c1ccccc1)c(=O)n(C)c(=O)n2C. The van der Waals surface area contributed by atoms with Gasteiger partial charge in [-0.15, -0.1) is 0 Å². The molecule has 0 aliphatic rings. The minimum absolute atomic E-state index is 0.141. The number of carbonyl (C=O) groups is 1. The first kappa shape index (κ1) is 23.2. The number of nitrogens with one attached hydrogen (secondary N) is 1. The fraction of sp³-hybridized carbons (Fsp3) is 0.259. The second kappa shape index (κ2) is 9.87. The van der Waals surface area contributed by atoms with E-state index in [2.05, 4.69) is 10.3 Å². The smallest absolute Gasteiger partial charge is 0.325 e. The van der Waals surface area contributed by atoms with Crippen molar-refractivity contribution in [2.24, 2.45) is 14.1 Å². The first-order chi connectivity index (χ1) is 16.4. The maximum absolute atomic E-state index is 13.4. The van der Waals surface area contributed by atoms with Gasteiger partial charge in [-0.2, -0.15) is 0 Å². The Bertz CT molecular complexity index is 1400. The highest BCUT2D eigenvalue weighted by Gasteiger charge is 2.22. The number of aryl methyl sites for hydroxylation is 2. The first-order valence-electron chi connectivity index (χ1n) is 11.4. The van der Waals surface area contributed by atoms with Crippen LogP contribution in [0.25, 0.3) is 11.0 Å². The lowest BCUT2D eigenvalue weighted by atomic mass is 9.88. The zero-order valence-electron chi connectivity index (χ0n) is 19.6. The zero-order valence-corrected chi connectivity index (χ0v) is 19.6. The molecule has 174 valence electrons. The molecule has 0 radical (unpaired) electrons. The maximum atomic E-state index is 13.4. The van der Waals surface area contributed by atoms with Gasteiger partial charge in [0.1, 0.15) is 5.39 Å². The van der Waals surface area contributed by atoms with Crippen LogP contribution in [-0.4, -0.2) is 20.0 Å². The zero-order chi connectivity index (χ0) is 24.2. The fourth-order valence-electron chi connectivity index (χ4n) is 4.34. The summed E-state index contributed by atoms with van der Waals surface area (Å²) >= 11 is 0. The van der Waals surface area contributed by atoms with E-state index < -0.39 is 11.2 Å². The second-order valence-corrected chi connectivity index (χ2v) is 8.44. The third-order valence-electron chi connectivity index (χ3n) is 6.12. The third-order valence-corrected chi connectivity index (χ3v) is 6.12. The molecular formula is C27H28N4O3. The highest BCUT2D eigenvalue weighted by atomic mass is 16.2. The van der Waals surface area contributed by atoms with Gasteiger partial charge in [-0.25, -0.2) is 9.78 Å². The minimum atomic E-state index is -0.471. The van der Waals surface area contributed by atoms with Crippen molar-refractivity contribution in [2.75, 3.05) is 5.32 Å². The van der Waals surface area contributed by atoms with E-state index in [1.165, 1.54) is 11.6 Å². The summed E-state index contributed by atoms with van der Waals surface area (Å²) in [6.07, 6.45) is 3.31. The van der Waals surface area contributed by atoms with Gasteiger partial charge < -0.3 is 5.32 Å². The molecule has 0 aliphatic heterocycles. The molecule has 0 atom stereocenters. The Balaban J connectivity index is 1.78. The summed E-state index contributed by atoms with van der Waals surface area (Å²) in [4.78, 5) is 43.3. The number of carbonyl (C=O) groups excluding carboxylic acids is 1. The summed E-state index contributed by atoms with van der Waals surface area (Å²) in [5, 5.41) is 3.27. The normalized spacial score (nSPS) is 11.2. The van der Waals surface area contributed by atoms with E-state index in [1.54, 1.807) is 13.2 Å². The molecular weight excluding hydrogens is 428 g/mol. The standard InChI is InChI=1S/C27H28N4O3/c1-4-11-20-17-28-25-23(26(33)31(3)27(34)30(25)2)24(20)29-22(32)16-21(18-12-7-5-8-13-18)19-14-9-6-10-15-19/h5-10,12-15,17,21H,4,11,16H2,1-3H3,(H,28,29,32). The number of anilines is 1. The fourth-order valence-corrected chi connectivity index (χ4v) is 4.34. The van der Waals surface area contributed by atoms with Gasteiger partial charge in [0, 0.05) is 32.6 Å². The van der Waals surface area contributed by atoms with Crippen molar-refractivity contribution >= 4 is 22.6 Å². The molecule has 4 rings (SSSR count). The Morgan fingerprint density at radius 3 is 2.09 bits per heavy atom. The number of hydrogen-bond donors (Lipinski definition) is 1. The largest absolute Gasteiger partial charge is 0.332 e. The van der Waals surface area contributed by atoms with E-state index in [0.29, 0.717) is 12.1 Å². The van der Waals surface area contributed by atoms with Crippen LogP contribution in [0.3, 0.4) is 0 Å². The lowest BCUT2D eigenvalue weighted by molar-refractivity contribution is -0.116. The van der Waals surface area contributed by atoms with Crippen LogP contribution in [0.4, 0.5) is 5.69 Å². The molecule has 1 amide bonds. The van der Waals surface area contributed by atoms with Gasteiger partial charge >= 0.3 is 5.69 Å². The molecule has 1 N–H and O–H groups in total. The lowest BCUT2D eigenvalue weighted by Crippen LogP contribution is -2.38. The molecule has 4 aromatic rings. The first-order valence-corrected chi connectivity index (χ1v) is 11.4. The highest BCUT2D eigenvalue weighted by molar-refractivity contribution is 6.01. The van der Waals surface area contributed by atoms with Crippen molar-refractivity contribution in [3.63, 3.8) is 0 Å². The van der Waals surface area contributed by atoms with Gasteiger partial charge in [0.25, 0.3) is 5.56 Å². The summed E-state index contributed by atoms with van der Waals surface area (Å²) in [7, 11) is 3.01. The molecule has 7 nitrogen and oxygen atoms in total. The van der Waals surface area contributed by atoms with Crippen LogP contribution >= 0.6 is 0 Å². The van der Waals surface area contributed by atoms with Crippen LogP contribution in [0, 0.1) is 0 Å². The van der Waals surface area contributed by atoms with Gasteiger partial charge in [0.15, 0.2) is 5.65 Å². The van der Waals surface area contributed by atoms with Gasteiger partial charge in [-0.3, -0.25) is 18.7 Å². The quantitative estimate of drug-likeness (QED) is 0.459. The lowest BCUT2D eigenvalue weighted by Gasteiger charge is -2.19. The molecule has 2 heterocycles. The van der Waals surface area contributed by atoms with Crippen molar-refractivity contribution < 1.29 is 4.79 Å². The van der Waals surface area contributed by atoms with E-state index in [4.69, 9.17) is 0 Å². The van der Waals surface area contributed by atoms with Crippen molar-refractivity contribution in [1.29, 1.82) is 0 Å². The van der Waals surface area contributed by atoms with Crippen LogP contribution in [0.2, 0.25) is 0 Å². The number of nitrogens with zero attached hydrogens (tertiary/aromatic N) is 3.